The van der Waals surface area contributed by atoms with Gasteiger partial charge in [0.25, 0.3) is 5.91 Å². The van der Waals surface area contributed by atoms with E-state index in [2.05, 4.69) is 21.3 Å². The van der Waals surface area contributed by atoms with Crippen LogP contribution < -0.4 is 21.3 Å². The van der Waals surface area contributed by atoms with Gasteiger partial charge in [-0.15, -0.1) is 0 Å². The van der Waals surface area contributed by atoms with E-state index in [1.807, 2.05) is 13.8 Å². The van der Waals surface area contributed by atoms with Crippen molar-refractivity contribution in [2.75, 3.05) is 19.7 Å². The molecule has 27 heavy (non-hydrogen) atoms. The number of amides is 4. The average Bonchev–Trinajstić information content (AvgIpc) is 2.63. The molecule has 1 aromatic carbocycles. The molecule has 0 heterocycles. The quantitative estimate of drug-likeness (QED) is 0.460. The minimum Gasteiger partial charge on any atom is -0.452 e. The first-order valence-corrected chi connectivity index (χ1v) is 8.65. The lowest BCUT2D eigenvalue weighted by atomic mass is 10.1. The summed E-state index contributed by atoms with van der Waals surface area (Å²) in [5.74, 6) is -1.53. The zero-order chi connectivity index (χ0) is 20.2. The van der Waals surface area contributed by atoms with Gasteiger partial charge in [-0.25, -0.2) is 9.59 Å². The van der Waals surface area contributed by atoms with E-state index in [0.29, 0.717) is 13.1 Å². The predicted octanol–water partition coefficient (Wildman–Crippen LogP) is 0.303. The van der Waals surface area contributed by atoms with E-state index in [1.54, 1.807) is 31.2 Å². The van der Waals surface area contributed by atoms with E-state index >= 15 is 0 Å². The van der Waals surface area contributed by atoms with Crippen molar-refractivity contribution in [3.05, 3.63) is 35.4 Å². The van der Waals surface area contributed by atoms with Crippen LogP contribution in [0.15, 0.2) is 24.3 Å². The molecule has 0 unspecified atom stereocenters. The van der Waals surface area contributed by atoms with Gasteiger partial charge in [-0.1, -0.05) is 12.1 Å². The third-order valence-electron chi connectivity index (χ3n) is 3.22. The Morgan fingerprint density at radius 3 is 2.22 bits per heavy atom. The highest BCUT2D eigenvalue weighted by Crippen LogP contribution is 2.06. The maximum atomic E-state index is 11.9. The lowest BCUT2D eigenvalue weighted by Crippen LogP contribution is -2.39. The van der Waals surface area contributed by atoms with Crippen LogP contribution in [0.25, 0.3) is 0 Å². The summed E-state index contributed by atoms with van der Waals surface area (Å²) in [7, 11) is 0. The van der Waals surface area contributed by atoms with Crippen LogP contribution in [-0.2, 0) is 20.9 Å². The molecule has 0 aliphatic carbocycles. The fourth-order valence-corrected chi connectivity index (χ4v) is 1.96. The van der Waals surface area contributed by atoms with Crippen LogP contribution >= 0.6 is 0 Å². The van der Waals surface area contributed by atoms with Crippen molar-refractivity contribution in [3.63, 3.8) is 0 Å². The van der Waals surface area contributed by atoms with Crippen molar-refractivity contribution in [3.8, 4) is 0 Å². The molecule has 0 saturated heterocycles. The summed E-state index contributed by atoms with van der Waals surface area (Å²) in [6, 6.07) is 6.23. The van der Waals surface area contributed by atoms with Gasteiger partial charge in [0, 0.05) is 19.1 Å². The Balaban J connectivity index is 2.38. The number of hydrogen-bond acceptors (Lipinski definition) is 5. The van der Waals surface area contributed by atoms with Crippen molar-refractivity contribution in [1.29, 1.82) is 0 Å². The fourth-order valence-electron chi connectivity index (χ4n) is 1.96. The number of nitrogens with one attached hydrogen (secondary N) is 4. The second-order valence-electron chi connectivity index (χ2n) is 5.99. The van der Waals surface area contributed by atoms with Gasteiger partial charge >= 0.3 is 12.0 Å². The topological polar surface area (TPSA) is 126 Å². The monoisotopic (exact) mass is 378 g/mol. The highest BCUT2D eigenvalue weighted by atomic mass is 16.5. The molecular formula is C18H26N4O5. The summed E-state index contributed by atoms with van der Waals surface area (Å²) >= 11 is 0. The summed E-state index contributed by atoms with van der Waals surface area (Å²) < 4.78 is 4.90. The average molecular weight is 378 g/mol. The van der Waals surface area contributed by atoms with Crippen LogP contribution in [0.2, 0.25) is 0 Å². The van der Waals surface area contributed by atoms with Crippen molar-refractivity contribution in [1.82, 2.24) is 21.3 Å². The molecule has 0 bridgehead atoms. The number of carbonyl (C=O) groups excluding carboxylic acids is 4. The van der Waals surface area contributed by atoms with Gasteiger partial charge in [-0.2, -0.15) is 0 Å². The summed E-state index contributed by atoms with van der Waals surface area (Å²) in [6.07, 6.45) is 0. The van der Waals surface area contributed by atoms with E-state index in [4.69, 9.17) is 4.74 Å². The first-order valence-electron chi connectivity index (χ1n) is 8.65. The maximum Gasteiger partial charge on any atom is 0.338 e. The molecule has 148 valence electrons. The van der Waals surface area contributed by atoms with E-state index in [1.165, 1.54) is 0 Å². The fraction of sp³-hybridized carbons (Fsp3) is 0.444. The highest BCUT2D eigenvalue weighted by molar-refractivity contribution is 5.92. The van der Waals surface area contributed by atoms with Crippen LogP contribution in [0, 0.1) is 0 Å². The molecule has 0 radical (unpaired) electrons. The smallest absolute Gasteiger partial charge is 0.338 e. The predicted molar refractivity (Wildman–Crippen MR) is 98.9 cm³/mol. The lowest BCUT2D eigenvalue weighted by molar-refractivity contribution is -0.127. The SMILES string of the molecule is CCNC(=O)CNC(=O)COC(=O)c1ccc(CNC(=O)NC(C)C)cc1. The van der Waals surface area contributed by atoms with Gasteiger partial charge in [-0.3, -0.25) is 9.59 Å². The van der Waals surface area contributed by atoms with Crippen LogP contribution in [-0.4, -0.2) is 49.6 Å². The third kappa shape index (κ3) is 9.24. The normalized spacial score (nSPS) is 10.1. The van der Waals surface area contributed by atoms with Gasteiger partial charge in [0.15, 0.2) is 6.61 Å². The van der Waals surface area contributed by atoms with Gasteiger partial charge < -0.3 is 26.0 Å². The lowest BCUT2D eigenvalue weighted by Gasteiger charge is -2.10. The summed E-state index contributed by atoms with van der Waals surface area (Å²) in [5, 5.41) is 10.3. The molecular weight excluding hydrogens is 352 g/mol. The zero-order valence-electron chi connectivity index (χ0n) is 15.8. The standard InChI is InChI=1S/C18H26N4O5/c1-4-19-15(23)10-20-16(24)11-27-17(25)14-7-5-13(6-8-14)9-21-18(26)22-12(2)3/h5-8,12H,4,9-11H2,1-3H3,(H,19,23)(H,20,24)(H2,21,22,26). The van der Waals surface area contributed by atoms with Crippen molar-refractivity contribution in [2.45, 2.75) is 33.4 Å². The Morgan fingerprint density at radius 2 is 1.63 bits per heavy atom. The molecule has 0 fully saturated rings. The number of ether oxygens (including phenoxy) is 1. The van der Waals surface area contributed by atoms with Gasteiger partial charge in [0.05, 0.1) is 12.1 Å². The molecule has 9 nitrogen and oxygen atoms in total. The Kier molecular flexibility index (Phi) is 9.35. The number of likely N-dealkylation sites (N-methyl/N-ethyl adjacent to an activating group) is 1. The van der Waals surface area contributed by atoms with E-state index in [-0.39, 0.29) is 30.1 Å². The molecule has 1 aromatic rings. The zero-order valence-corrected chi connectivity index (χ0v) is 15.8. The Labute approximate surface area is 158 Å². The summed E-state index contributed by atoms with van der Waals surface area (Å²) in [5.41, 5.74) is 1.09. The molecule has 0 aromatic heterocycles. The first kappa shape index (κ1) is 21.9. The minimum atomic E-state index is -0.653. The summed E-state index contributed by atoms with van der Waals surface area (Å²) in [6.45, 7) is 5.63. The van der Waals surface area contributed by atoms with Crippen molar-refractivity contribution in [2.24, 2.45) is 0 Å². The van der Waals surface area contributed by atoms with Crippen molar-refractivity contribution < 1.29 is 23.9 Å². The molecule has 9 heteroatoms. The Hall–Kier alpha value is -3.10. The van der Waals surface area contributed by atoms with Crippen molar-refractivity contribution >= 4 is 23.8 Å². The molecule has 0 atom stereocenters. The molecule has 1 rings (SSSR count). The number of carbonyl (C=O) groups is 4. The van der Waals surface area contributed by atoms with Gasteiger partial charge in [0.1, 0.15) is 0 Å². The summed E-state index contributed by atoms with van der Waals surface area (Å²) in [4.78, 5) is 46.2. The number of rotatable bonds is 9. The van der Waals surface area contributed by atoms with E-state index in [0.717, 1.165) is 5.56 Å². The second-order valence-corrected chi connectivity index (χ2v) is 5.99. The van der Waals surface area contributed by atoms with Gasteiger partial charge in [-0.05, 0) is 38.5 Å². The number of hydrogen-bond donors (Lipinski definition) is 4. The minimum absolute atomic E-state index is 0.0420. The molecule has 0 saturated carbocycles. The maximum absolute atomic E-state index is 11.9. The Bertz CT molecular complexity index is 658. The molecule has 0 aliphatic rings. The first-order chi connectivity index (χ1) is 12.8. The van der Waals surface area contributed by atoms with Crippen LogP contribution in [0.5, 0.6) is 0 Å². The largest absolute Gasteiger partial charge is 0.452 e. The third-order valence-corrected chi connectivity index (χ3v) is 3.22. The second kappa shape index (κ2) is 11.5. The van der Waals surface area contributed by atoms with Gasteiger partial charge in [0.2, 0.25) is 5.91 Å². The number of benzene rings is 1. The highest BCUT2D eigenvalue weighted by Gasteiger charge is 2.11. The number of esters is 1. The van der Waals surface area contributed by atoms with E-state index in [9.17, 15) is 19.2 Å². The van der Waals surface area contributed by atoms with E-state index < -0.39 is 18.5 Å². The van der Waals surface area contributed by atoms with Crippen LogP contribution in [0.4, 0.5) is 4.79 Å². The molecule has 4 amide bonds. The van der Waals surface area contributed by atoms with Crippen LogP contribution in [0.3, 0.4) is 0 Å². The number of urea groups is 1. The molecule has 4 N–H and O–H groups in total. The Morgan fingerprint density at radius 1 is 0.963 bits per heavy atom. The van der Waals surface area contributed by atoms with Crippen LogP contribution in [0.1, 0.15) is 36.7 Å². The molecule has 0 aliphatic heterocycles. The molecule has 0 spiro atoms.